The molecule has 8 heteroatoms. The summed E-state index contributed by atoms with van der Waals surface area (Å²) in [6, 6.07) is 15.4. The van der Waals surface area contributed by atoms with E-state index >= 15 is 0 Å². The van der Waals surface area contributed by atoms with Crippen LogP contribution in [-0.4, -0.2) is 54.3 Å². The van der Waals surface area contributed by atoms with Crippen molar-refractivity contribution in [3.05, 3.63) is 59.7 Å². The van der Waals surface area contributed by atoms with E-state index in [4.69, 9.17) is 4.74 Å². The molecule has 2 amide bonds. The Bertz CT molecular complexity index is 967. The van der Waals surface area contributed by atoms with E-state index in [-0.39, 0.29) is 37.3 Å². The number of aliphatic carboxylic acids is 1. The third kappa shape index (κ3) is 6.53. The van der Waals surface area contributed by atoms with Crippen LogP contribution in [0, 0.1) is 5.92 Å². The second-order valence-corrected chi connectivity index (χ2v) is 9.41. The van der Waals surface area contributed by atoms with E-state index in [0.29, 0.717) is 18.6 Å². The van der Waals surface area contributed by atoms with Crippen LogP contribution in [0.1, 0.15) is 43.2 Å². The summed E-state index contributed by atoms with van der Waals surface area (Å²) >= 11 is 1.53. The maximum absolute atomic E-state index is 12.4. The first-order valence-corrected chi connectivity index (χ1v) is 12.9. The van der Waals surface area contributed by atoms with E-state index in [2.05, 4.69) is 34.9 Å². The van der Waals surface area contributed by atoms with Crippen molar-refractivity contribution >= 4 is 29.7 Å². The standard InChI is InChI=1S/C26H32N2O5S/c1-3-17(14-24(29)28-23(25(30)31)12-13-34-2)15-27-26(32)33-16-22-20-10-6-4-8-18(20)19-9-5-7-11-21(19)22/h4-11,17,22-23H,3,12-16H2,1-2H3,(H,27,32)(H,28,29)(H,30,31)/t17?,23-/m0/s1. The molecule has 1 unspecified atom stereocenters. The molecule has 0 spiro atoms. The van der Waals surface area contributed by atoms with Crippen molar-refractivity contribution in [1.29, 1.82) is 0 Å². The molecule has 3 rings (SSSR count). The van der Waals surface area contributed by atoms with Gasteiger partial charge in [0.15, 0.2) is 0 Å². The Morgan fingerprint density at radius 3 is 2.24 bits per heavy atom. The molecule has 182 valence electrons. The molecule has 0 fully saturated rings. The molecule has 0 radical (unpaired) electrons. The highest BCUT2D eigenvalue weighted by Gasteiger charge is 2.29. The van der Waals surface area contributed by atoms with E-state index in [9.17, 15) is 19.5 Å². The van der Waals surface area contributed by atoms with Gasteiger partial charge in [0, 0.05) is 18.9 Å². The molecular weight excluding hydrogens is 452 g/mol. The van der Waals surface area contributed by atoms with Crippen LogP contribution < -0.4 is 10.6 Å². The molecule has 34 heavy (non-hydrogen) atoms. The maximum atomic E-state index is 12.4. The lowest BCUT2D eigenvalue weighted by Crippen LogP contribution is -2.42. The fraction of sp³-hybridized carbons (Fsp3) is 0.423. The van der Waals surface area contributed by atoms with Crippen LogP contribution >= 0.6 is 11.8 Å². The molecule has 2 aromatic rings. The highest BCUT2D eigenvalue weighted by molar-refractivity contribution is 7.98. The molecular formula is C26H32N2O5S. The second-order valence-electron chi connectivity index (χ2n) is 8.42. The summed E-state index contributed by atoms with van der Waals surface area (Å²) in [5.41, 5.74) is 4.63. The minimum Gasteiger partial charge on any atom is -0.480 e. The first kappa shape index (κ1) is 25.6. The highest BCUT2D eigenvalue weighted by Crippen LogP contribution is 2.44. The summed E-state index contributed by atoms with van der Waals surface area (Å²) in [6.45, 7) is 2.44. The van der Waals surface area contributed by atoms with Gasteiger partial charge in [0.25, 0.3) is 0 Å². The predicted octanol–water partition coefficient (Wildman–Crippen LogP) is 4.26. The van der Waals surface area contributed by atoms with Gasteiger partial charge in [-0.25, -0.2) is 9.59 Å². The summed E-state index contributed by atoms with van der Waals surface area (Å²) in [7, 11) is 0. The average molecular weight is 485 g/mol. The Morgan fingerprint density at radius 2 is 1.68 bits per heavy atom. The number of carbonyl (C=O) groups excluding carboxylic acids is 2. The van der Waals surface area contributed by atoms with Gasteiger partial charge in [-0.1, -0.05) is 61.9 Å². The number of ether oxygens (including phenoxy) is 1. The van der Waals surface area contributed by atoms with Crippen LogP contribution in [0.2, 0.25) is 0 Å². The summed E-state index contributed by atoms with van der Waals surface area (Å²) in [5, 5.41) is 14.6. The molecule has 1 aliphatic carbocycles. The Labute approximate surface area is 204 Å². The number of fused-ring (bicyclic) bond motifs is 3. The van der Waals surface area contributed by atoms with Gasteiger partial charge in [-0.15, -0.1) is 0 Å². The summed E-state index contributed by atoms with van der Waals surface area (Å²) in [5.74, 6) is -0.838. The number of rotatable bonds is 12. The molecule has 0 bridgehead atoms. The Morgan fingerprint density at radius 1 is 1.06 bits per heavy atom. The van der Waals surface area contributed by atoms with Crippen LogP contribution in [0.5, 0.6) is 0 Å². The highest BCUT2D eigenvalue weighted by atomic mass is 32.2. The lowest BCUT2D eigenvalue weighted by molar-refractivity contribution is -0.142. The van der Waals surface area contributed by atoms with Gasteiger partial charge in [-0.05, 0) is 46.6 Å². The van der Waals surface area contributed by atoms with Crippen molar-refractivity contribution in [1.82, 2.24) is 10.6 Å². The first-order chi connectivity index (χ1) is 16.4. The van der Waals surface area contributed by atoms with Gasteiger partial charge in [-0.2, -0.15) is 11.8 Å². The molecule has 0 heterocycles. The van der Waals surface area contributed by atoms with Crippen LogP contribution in [0.25, 0.3) is 11.1 Å². The SMILES string of the molecule is CCC(CNC(=O)OCC1c2ccccc2-c2ccccc21)CC(=O)N[C@@H](CCSC)C(=O)O. The number of carbonyl (C=O) groups is 3. The van der Waals surface area contributed by atoms with Gasteiger partial charge in [0.2, 0.25) is 5.91 Å². The number of thioether (sulfide) groups is 1. The molecule has 0 saturated carbocycles. The number of nitrogens with one attached hydrogen (secondary N) is 2. The fourth-order valence-corrected chi connectivity index (χ4v) is 4.72. The van der Waals surface area contributed by atoms with E-state index in [1.165, 1.54) is 22.9 Å². The van der Waals surface area contributed by atoms with E-state index in [1.54, 1.807) is 0 Å². The lowest BCUT2D eigenvalue weighted by atomic mass is 9.98. The summed E-state index contributed by atoms with van der Waals surface area (Å²) < 4.78 is 5.55. The quantitative estimate of drug-likeness (QED) is 0.416. The topological polar surface area (TPSA) is 105 Å². The smallest absolute Gasteiger partial charge is 0.407 e. The number of carboxylic acids is 1. The third-order valence-corrected chi connectivity index (χ3v) is 6.82. The summed E-state index contributed by atoms with van der Waals surface area (Å²) in [4.78, 5) is 36.1. The van der Waals surface area contributed by atoms with Crippen molar-refractivity contribution in [3.63, 3.8) is 0 Å². The molecule has 7 nitrogen and oxygen atoms in total. The average Bonchev–Trinajstić information content (AvgIpc) is 3.16. The van der Waals surface area contributed by atoms with Gasteiger partial charge in [-0.3, -0.25) is 4.79 Å². The number of hydrogen-bond acceptors (Lipinski definition) is 5. The molecule has 2 aromatic carbocycles. The van der Waals surface area contributed by atoms with Gasteiger partial charge in [0.1, 0.15) is 12.6 Å². The van der Waals surface area contributed by atoms with Crippen LogP contribution in [0.3, 0.4) is 0 Å². The van der Waals surface area contributed by atoms with Crippen LogP contribution in [0.15, 0.2) is 48.5 Å². The fourth-order valence-electron chi connectivity index (χ4n) is 4.25. The second kappa shape index (κ2) is 12.5. The summed E-state index contributed by atoms with van der Waals surface area (Å²) in [6.07, 6.45) is 2.55. The van der Waals surface area contributed by atoms with E-state index in [0.717, 1.165) is 11.1 Å². The van der Waals surface area contributed by atoms with E-state index in [1.807, 2.05) is 37.4 Å². The molecule has 0 aliphatic heterocycles. The van der Waals surface area contributed by atoms with Crippen molar-refractivity contribution in [2.75, 3.05) is 25.2 Å². The number of benzene rings is 2. The van der Waals surface area contributed by atoms with Crippen LogP contribution in [0.4, 0.5) is 4.79 Å². The van der Waals surface area contributed by atoms with Crippen molar-refractivity contribution in [3.8, 4) is 11.1 Å². The van der Waals surface area contributed by atoms with Crippen molar-refractivity contribution < 1.29 is 24.2 Å². The molecule has 3 N–H and O–H groups in total. The zero-order chi connectivity index (χ0) is 24.5. The Hall–Kier alpha value is -3.00. The Balaban J connectivity index is 1.49. The zero-order valence-corrected chi connectivity index (χ0v) is 20.4. The first-order valence-electron chi connectivity index (χ1n) is 11.5. The molecule has 0 saturated heterocycles. The third-order valence-electron chi connectivity index (χ3n) is 6.17. The minimum atomic E-state index is -1.03. The largest absolute Gasteiger partial charge is 0.480 e. The molecule has 0 aromatic heterocycles. The van der Waals surface area contributed by atoms with Gasteiger partial charge in [0.05, 0.1) is 0 Å². The molecule has 1 aliphatic rings. The van der Waals surface area contributed by atoms with Crippen LogP contribution in [-0.2, 0) is 14.3 Å². The Kier molecular flexibility index (Phi) is 9.39. The van der Waals surface area contributed by atoms with E-state index < -0.39 is 18.1 Å². The zero-order valence-electron chi connectivity index (χ0n) is 19.6. The maximum Gasteiger partial charge on any atom is 0.407 e. The molecule has 2 atom stereocenters. The van der Waals surface area contributed by atoms with Gasteiger partial charge < -0.3 is 20.5 Å². The monoisotopic (exact) mass is 484 g/mol. The van der Waals surface area contributed by atoms with Gasteiger partial charge >= 0.3 is 12.1 Å². The van der Waals surface area contributed by atoms with Crippen molar-refractivity contribution in [2.24, 2.45) is 5.92 Å². The normalized spacial score (nSPS) is 13.9. The lowest BCUT2D eigenvalue weighted by Gasteiger charge is -2.19. The number of amides is 2. The number of hydrogen-bond donors (Lipinski definition) is 3. The number of carboxylic acid groups (broad SMARTS) is 1. The van der Waals surface area contributed by atoms with Crippen molar-refractivity contribution in [2.45, 2.75) is 38.1 Å². The number of alkyl carbamates (subject to hydrolysis) is 1. The predicted molar refractivity (Wildman–Crippen MR) is 134 cm³/mol. The minimum absolute atomic E-state index is 0.0138.